The van der Waals surface area contributed by atoms with Gasteiger partial charge in [-0.15, -0.1) is 0 Å². The molecule has 0 aliphatic heterocycles. The van der Waals surface area contributed by atoms with Gasteiger partial charge in [-0.2, -0.15) is 5.10 Å². The molecular weight excluding hydrogens is 226 g/mol. The second kappa shape index (κ2) is 5.69. The van der Waals surface area contributed by atoms with Crippen molar-refractivity contribution in [3.8, 4) is 11.4 Å². The minimum absolute atomic E-state index is 0.858. The maximum absolute atomic E-state index is 5.15. The molecule has 0 unspecified atom stereocenters. The fourth-order valence-corrected chi connectivity index (χ4v) is 1.86. The van der Waals surface area contributed by atoms with Crippen LogP contribution in [0.1, 0.15) is 18.2 Å². The molecule has 0 amide bonds. The van der Waals surface area contributed by atoms with Gasteiger partial charge in [-0.3, -0.25) is 0 Å². The zero-order valence-corrected chi connectivity index (χ0v) is 11.1. The summed E-state index contributed by atoms with van der Waals surface area (Å²) in [4.78, 5) is 0. The van der Waals surface area contributed by atoms with E-state index in [0.717, 1.165) is 24.5 Å². The van der Waals surface area contributed by atoms with Crippen LogP contribution >= 0.6 is 0 Å². The van der Waals surface area contributed by atoms with Crippen LogP contribution in [0.15, 0.2) is 30.5 Å². The van der Waals surface area contributed by atoms with Gasteiger partial charge in [0.2, 0.25) is 0 Å². The van der Waals surface area contributed by atoms with Gasteiger partial charge in [-0.05, 0) is 37.7 Å². The van der Waals surface area contributed by atoms with E-state index in [4.69, 9.17) is 4.74 Å². The molecule has 4 heteroatoms. The molecule has 1 heterocycles. The van der Waals surface area contributed by atoms with Crippen LogP contribution in [0.3, 0.4) is 0 Å². The number of ether oxygens (including phenoxy) is 1. The summed E-state index contributed by atoms with van der Waals surface area (Å²) in [5.74, 6) is 0.858. The molecule has 0 aliphatic rings. The maximum Gasteiger partial charge on any atom is 0.119 e. The second-order valence-corrected chi connectivity index (χ2v) is 4.15. The number of benzene rings is 1. The van der Waals surface area contributed by atoms with Crippen LogP contribution in [0, 0.1) is 6.92 Å². The Morgan fingerprint density at radius 2 is 2.00 bits per heavy atom. The molecule has 2 rings (SSSR count). The van der Waals surface area contributed by atoms with Gasteiger partial charge < -0.3 is 10.1 Å². The lowest BCUT2D eigenvalue weighted by Gasteiger charge is -2.07. The van der Waals surface area contributed by atoms with Crippen molar-refractivity contribution in [3.63, 3.8) is 0 Å². The summed E-state index contributed by atoms with van der Waals surface area (Å²) < 4.78 is 7.10. The Morgan fingerprint density at radius 1 is 1.28 bits per heavy atom. The van der Waals surface area contributed by atoms with Gasteiger partial charge in [-0.1, -0.05) is 6.92 Å². The SMILES string of the molecule is CCNCc1cnn(-c2ccc(OC)cc2)c1C. The molecule has 2 aromatic rings. The molecule has 0 spiro atoms. The first-order valence-electron chi connectivity index (χ1n) is 6.15. The smallest absolute Gasteiger partial charge is 0.119 e. The number of hydrogen-bond acceptors (Lipinski definition) is 3. The van der Waals surface area contributed by atoms with Crippen LogP contribution < -0.4 is 10.1 Å². The van der Waals surface area contributed by atoms with Crippen molar-refractivity contribution in [2.75, 3.05) is 13.7 Å². The minimum atomic E-state index is 0.858. The van der Waals surface area contributed by atoms with Gasteiger partial charge >= 0.3 is 0 Å². The Hall–Kier alpha value is -1.81. The normalized spacial score (nSPS) is 10.6. The number of methoxy groups -OCH3 is 1. The van der Waals surface area contributed by atoms with Crippen LogP contribution in [-0.4, -0.2) is 23.4 Å². The van der Waals surface area contributed by atoms with E-state index in [1.165, 1.54) is 11.3 Å². The van der Waals surface area contributed by atoms with Crippen molar-refractivity contribution in [2.24, 2.45) is 0 Å². The number of aromatic nitrogens is 2. The molecule has 0 saturated carbocycles. The summed E-state index contributed by atoms with van der Waals surface area (Å²) in [6, 6.07) is 7.91. The molecular formula is C14H19N3O. The van der Waals surface area contributed by atoms with Crippen molar-refractivity contribution in [1.29, 1.82) is 0 Å². The van der Waals surface area contributed by atoms with Crippen LogP contribution in [0.2, 0.25) is 0 Å². The number of nitrogens with zero attached hydrogens (tertiary/aromatic N) is 2. The second-order valence-electron chi connectivity index (χ2n) is 4.15. The summed E-state index contributed by atoms with van der Waals surface area (Å²) in [6.07, 6.45) is 1.92. The Labute approximate surface area is 108 Å². The van der Waals surface area contributed by atoms with Crippen molar-refractivity contribution >= 4 is 0 Å². The van der Waals surface area contributed by atoms with Gasteiger partial charge in [0.05, 0.1) is 19.0 Å². The predicted molar refractivity (Wildman–Crippen MR) is 72.2 cm³/mol. The number of hydrogen-bond donors (Lipinski definition) is 1. The maximum atomic E-state index is 5.15. The summed E-state index contributed by atoms with van der Waals surface area (Å²) >= 11 is 0. The monoisotopic (exact) mass is 245 g/mol. The van der Waals surface area contributed by atoms with Crippen LogP contribution in [0.25, 0.3) is 5.69 Å². The van der Waals surface area contributed by atoms with Gasteiger partial charge in [0.15, 0.2) is 0 Å². The molecule has 1 aromatic carbocycles. The molecule has 96 valence electrons. The zero-order chi connectivity index (χ0) is 13.0. The van der Waals surface area contributed by atoms with E-state index in [-0.39, 0.29) is 0 Å². The van der Waals surface area contributed by atoms with Gasteiger partial charge in [0.25, 0.3) is 0 Å². The van der Waals surface area contributed by atoms with Gasteiger partial charge in [0, 0.05) is 17.8 Å². The lowest BCUT2D eigenvalue weighted by atomic mass is 10.2. The van der Waals surface area contributed by atoms with E-state index in [2.05, 4.69) is 24.3 Å². The predicted octanol–water partition coefficient (Wildman–Crippen LogP) is 2.30. The molecule has 4 nitrogen and oxygen atoms in total. The van der Waals surface area contributed by atoms with Crippen molar-refractivity contribution in [2.45, 2.75) is 20.4 Å². The average Bonchev–Trinajstić information content (AvgIpc) is 2.78. The highest BCUT2D eigenvalue weighted by atomic mass is 16.5. The number of rotatable bonds is 5. The van der Waals surface area contributed by atoms with Crippen molar-refractivity contribution < 1.29 is 4.74 Å². The highest BCUT2D eigenvalue weighted by molar-refractivity contribution is 5.39. The first-order valence-corrected chi connectivity index (χ1v) is 6.15. The third-order valence-electron chi connectivity index (χ3n) is 2.99. The zero-order valence-electron chi connectivity index (χ0n) is 11.1. The number of nitrogens with one attached hydrogen (secondary N) is 1. The van der Waals surface area contributed by atoms with E-state index in [1.54, 1.807) is 7.11 Å². The topological polar surface area (TPSA) is 39.1 Å². The standard InChI is InChI=1S/C14H19N3O/c1-4-15-9-12-10-16-17(11(12)2)13-5-7-14(18-3)8-6-13/h5-8,10,15H,4,9H2,1-3H3. The first-order chi connectivity index (χ1) is 8.76. The molecule has 0 aliphatic carbocycles. The average molecular weight is 245 g/mol. The Bertz CT molecular complexity index is 502. The summed E-state index contributed by atoms with van der Waals surface area (Å²) in [5.41, 5.74) is 3.45. The molecule has 0 fully saturated rings. The lowest BCUT2D eigenvalue weighted by molar-refractivity contribution is 0.414. The Balaban J connectivity index is 2.24. The van der Waals surface area contributed by atoms with E-state index >= 15 is 0 Å². The Morgan fingerprint density at radius 3 is 2.61 bits per heavy atom. The fraction of sp³-hybridized carbons (Fsp3) is 0.357. The minimum Gasteiger partial charge on any atom is -0.497 e. The third kappa shape index (κ3) is 2.54. The van der Waals surface area contributed by atoms with Crippen LogP contribution in [-0.2, 0) is 6.54 Å². The van der Waals surface area contributed by atoms with E-state index < -0.39 is 0 Å². The van der Waals surface area contributed by atoms with E-state index in [9.17, 15) is 0 Å². The van der Waals surface area contributed by atoms with Crippen LogP contribution in [0.4, 0.5) is 0 Å². The van der Waals surface area contributed by atoms with Crippen molar-refractivity contribution in [1.82, 2.24) is 15.1 Å². The summed E-state index contributed by atoms with van der Waals surface area (Å²) in [5, 5.41) is 7.75. The fourth-order valence-electron chi connectivity index (χ4n) is 1.86. The van der Waals surface area contributed by atoms with E-state index in [1.807, 2.05) is 35.1 Å². The molecule has 0 atom stereocenters. The summed E-state index contributed by atoms with van der Waals surface area (Å²) in [7, 11) is 1.67. The van der Waals surface area contributed by atoms with Gasteiger partial charge in [-0.25, -0.2) is 4.68 Å². The summed E-state index contributed by atoms with van der Waals surface area (Å²) in [6.45, 7) is 6.01. The molecule has 18 heavy (non-hydrogen) atoms. The molecule has 0 saturated heterocycles. The Kier molecular flexibility index (Phi) is 3.99. The molecule has 1 N–H and O–H groups in total. The van der Waals surface area contributed by atoms with E-state index in [0.29, 0.717) is 0 Å². The third-order valence-corrected chi connectivity index (χ3v) is 2.99. The highest BCUT2D eigenvalue weighted by Gasteiger charge is 2.07. The first kappa shape index (κ1) is 12.6. The van der Waals surface area contributed by atoms with Crippen LogP contribution in [0.5, 0.6) is 5.75 Å². The van der Waals surface area contributed by atoms with Gasteiger partial charge in [0.1, 0.15) is 5.75 Å². The molecule has 1 aromatic heterocycles. The molecule has 0 radical (unpaired) electrons. The lowest BCUT2D eigenvalue weighted by Crippen LogP contribution is -2.12. The largest absolute Gasteiger partial charge is 0.497 e. The quantitative estimate of drug-likeness (QED) is 0.878. The molecule has 0 bridgehead atoms. The highest BCUT2D eigenvalue weighted by Crippen LogP contribution is 2.17. The van der Waals surface area contributed by atoms with Crippen molar-refractivity contribution in [3.05, 3.63) is 41.7 Å².